The Morgan fingerprint density at radius 3 is 2.61 bits per heavy atom. The highest BCUT2D eigenvalue weighted by molar-refractivity contribution is 5.93. The molecule has 0 atom stereocenters. The summed E-state index contributed by atoms with van der Waals surface area (Å²) in [6.45, 7) is 1.47. The lowest BCUT2D eigenvalue weighted by Crippen LogP contribution is -2.37. The van der Waals surface area contributed by atoms with Gasteiger partial charge in [-0.1, -0.05) is 18.2 Å². The van der Waals surface area contributed by atoms with Crippen LogP contribution in [0.25, 0.3) is 0 Å². The summed E-state index contributed by atoms with van der Waals surface area (Å²) in [7, 11) is 0. The molecule has 0 saturated carbocycles. The molecule has 23 heavy (non-hydrogen) atoms. The summed E-state index contributed by atoms with van der Waals surface area (Å²) in [5.74, 6) is -0.168. The van der Waals surface area contributed by atoms with E-state index >= 15 is 0 Å². The molecule has 0 aliphatic carbocycles. The summed E-state index contributed by atoms with van der Waals surface area (Å²) in [5, 5.41) is 21.6. The zero-order valence-electron chi connectivity index (χ0n) is 12.9. The fourth-order valence-corrected chi connectivity index (χ4v) is 2.94. The van der Waals surface area contributed by atoms with Crippen LogP contribution in [-0.4, -0.2) is 51.9 Å². The van der Waals surface area contributed by atoms with Crippen molar-refractivity contribution in [3.63, 3.8) is 0 Å². The molecule has 1 aliphatic heterocycles. The highest BCUT2D eigenvalue weighted by Crippen LogP contribution is 2.24. The lowest BCUT2D eigenvalue weighted by Gasteiger charge is -2.22. The standard InChI is InChI=1S/C17H21N3O3/c21-9-7-19(8-10-22)17(23)16-6-5-14-11-18-15-4-2-1-3-13(15)12-20(14)16/h1-6,18,21-22H,7-12H2. The third-order valence-electron chi connectivity index (χ3n) is 4.12. The van der Waals surface area contributed by atoms with Crippen LogP contribution >= 0.6 is 0 Å². The van der Waals surface area contributed by atoms with E-state index in [1.54, 1.807) is 0 Å². The van der Waals surface area contributed by atoms with Crippen molar-refractivity contribution in [1.29, 1.82) is 0 Å². The predicted octanol–water partition coefficient (Wildman–Crippen LogP) is 0.889. The second kappa shape index (κ2) is 6.85. The van der Waals surface area contributed by atoms with Crippen LogP contribution in [0.4, 0.5) is 5.69 Å². The summed E-state index contributed by atoms with van der Waals surface area (Å²) in [6.07, 6.45) is 0. The van der Waals surface area contributed by atoms with Gasteiger partial charge >= 0.3 is 0 Å². The molecule has 2 aromatic rings. The number of aliphatic hydroxyl groups excluding tert-OH is 2. The number of fused-ring (bicyclic) bond motifs is 2. The number of amides is 1. The highest BCUT2D eigenvalue weighted by atomic mass is 16.3. The fraction of sp³-hybridized carbons (Fsp3) is 0.353. The molecule has 1 aliphatic rings. The number of para-hydroxylation sites is 1. The highest BCUT2D eigenvalue weighted by Gasteiger charge is 2.22. The Balaban J connectivity index is 1.92. The number of aromatic nitrogens is 1. The molecular formula is C17H21N3O3. The Hall–Kier alpha value is -2.31. The fourth-order valence-electron chi connectivity index (χ4n) is 2.94. The molecule has 0 spiro atoms. The normalized spacial score (nSPS) is 12.8. The van der Waals surface area contributed by atoms with Gasteiger partial charge < -0.3 is 25.0 Å². The molecular weight excluding hydrogens is 294 g/mol. The lowest BCUT2D eigenvalue weighted by molar-refractivity contribution is 0.0674. The molecule has 2 heterocycles. The molecule has 0 fully saturated rings. The van der Waals surface area contributed by atoms with Crippen LogP contribution in [-0.2, 0) is 13.1 Å². The average molecular weight is 315 g/mol. The van der Waals surface area contributed by atoms with E-state index in [0.29, 0.717) is 18.8 Å². The zero-order chi connectivity index (χ0) is 16.2. The minimum atomic E-state index is -0.168. The van der Waals surface area contributed by atoms with Crippen molar-refractivity contribution in [3.05, 3.63) is 53.3 Å². The van der Waals surface area contributed by atoms with E-state index in [2.05, 4.69) is 5.32 Å². The molecule has 0 unspecified atom stereocenters. The van der Waals surface area contributed by atoms with E-state index < -0.39 is 0 Å². The Kier molecular flexibility index (Phi) is 4.64. The Bertz CT molecular complexity index is 690. The number of carbonyl (C=O) groups excluding carboxylic acids is 1. The summed E-state index contributed by atoms with van der Waals surface area (Å²) >= 11 is 0. The molecule has 0 saturated heterocycles. The number of nitrogens with one attached hydrogen (secondary N) is 1. The summed E-state index contributed by atoms with van der Waals surface area (Å²) < 4.78 is 2.00. The van der Waals surface area contributed by atoms with Crippen molar-refractivity contribution in [3.8, 4) is 0 Å². The zero-order valence-corrected chi connectivity index (χ0v) is 12.9. The van der Waals surface area contributed by atoms with E-state index in [4.69, 9.17) is 10.2 Å². The molecule has 0 radical (unpaired) electrons. The second-order valence-corrected chi connectivity index (χ2v) is 5.55. The number of rotatable bonds is 5. The average Bonchev–Trinajstić information content (AvgIpc) is 2.86. The number of aliphatic hydroxyl groups is 2. The van der Waals surface area contributed by atoms with E-state index in [9.17, 15) is 4.79 Å². The molecule has 6 heteroatoms. The van der Waals surface area contributed by atoms with Crippen LogP contribution in [0.1, 0.15) is 21.7 Å². The number of anilines is 1. The van der Waals surface area contributed by atoms with Gasteiger partial charge in [-0.3, -0.25) is 4.79 Å². The van der Waals surface area contributed by atoms with E-state index in [1.165, 1.54) is 4.90 Å². The van der Waals surface area contributed by atoms with Crippen molar-refractivity contribution in [2.75, 3.05) is 31.6 Å². The molecule has 3 N–H and O–H groups in total. The van der Waals surface area contributed by atoms with Gasteiger partial charge in [0.15, 0.2) is 0 Å². The van der Waals surface area contributed by atoms with Gasteiger partial charge in [-0.15, -0.1) is 0 Å². The molecule has 1 amide bonds. The predicted molar refractivity (Wildman–Crippen MR) is 87.4 cm³/mol. The first kappa shape index (κ1) is 15.6. The van der Waals surface area contributed by atoms with Crippen molar-refractivity contribution >= 4 is 11.6 Å². The molecule has 3 rings (SSSR count). The van der Waals surface area contributed by atoms with E-state index in [1.807, 2.05) is 41.0 Å². The van der Waals surface area contributed by atoms with Gasteiger partial charge in [-0.2, -0.15) is 0 Å². The maximum atomic E-state index is 12.7. The second-order valence-electron chi connectivity index (χ2n) is 5.55. The minimum absolute atomic E-state index is 0.121. The van der Waals surface area contributed by atoms with Crippen molar-refractivity contribution in [2.45, 2.75) is 13.1 Å². The quantitative estimate of drug-likeness (QED) is 0.766. The van der Waals surface area contributed by atoms with Gasteiger partial charge in [0.25, 0.3) is 5.91 Å². The molecule has 1 aromatic heterocycles. The van der Waals surface area contributed by atoms with Crippen LogP contribution in [0, 0.1) is 0 Å². The number of benzene rings is 1. The lowest BCUT2D eigenvalue weighted by atomic mass is 10.2. The largest absolute Gasteiger partial charge is 0.395 e. The first-order valence-corrected chi connectivity index (χ1v) is 7.75. The molecule has 1 aromatic carbocycles. The van der Waals surface area contributed by atoms with Gasteiger partial charge in [-0.05, 0) is 23.8 Å². The van der Waals surface area contributed by atoms with Gasteiger partial charge in [0.1, 0.15) is 5.69 Å². The number of nitrogens with zero attached hydrogens (tertiary/aromatic N) is 2. The van der Waals surface area contributed by atoms with Crippen LogP contribution in [0.2, 0.25) is 0 Å². The Morgan fingerprint density at radius 2 is 1.87 bits per heavy atom. The van der Waals surface area contributed by atoms with Crippen molar-refractivity contribution < 1.29 is 15.0 Å². The maximum absolute atomic E-state index is 12.7. The minimum Gasteiger partial charge on any atom is -0.395 e. The summed E-state index contributed by atoms with van der Waals surface area (Å²) in [5.41, 5.74) is 3.84. The smallest absolute Gasteiger partial charge is 0.270 e. The van der Waals surface area contributed by atoms with Crippen LogP contribution in [0.3, 0.4) is 0 Å². The first-order chi connectivity index (χ1) is 11.2. The maximum Gasteiger partial charge on any atom is 0.270 e. The monoisotopic (exact) mass is 315 g/mol. The number of carbonyl (C=O) groups is 1. The summed E-state index contributed by atoms with van der Waals surface area (Å²) in [4.78, 5) is 14.2. The Labute approximate surface area is 135 Å². The third kappa shape index (κ3) is 3.09. The van der Waals surface area contributed by atoms with Crippen molar-refractivity contribution in [1.82, 2.24) is 9.47 Å². The van der Waals surface area contributed by atoms with Gasteiger partial charge in [0, 0.05) is 24.5 Å². The number of hydrogen-bond donors (Lipinski definition) is 3. The van der Waals surface area contributed by atoms with Crippen LogP contribution in [0.15, 0.2) is 36.4 Å². The molecule has 122 valence electrons. The van der Waals surface area contributed by atoms with E-state index in [0.717, 1.165) is 16.9 Å². The van der Waals surface area contributed by atoms with Crippen LogP contribution in [0.5, 0.6) is 0 Å². The van der Waals surface area contributed by atoms with Gasteiger partial charge in [0.2, 0.25) is 0 Å². The third-order valence-corrected chi connectivity index (χ3v) is 4.12. The molecule has 0 bridgehead atoms. The molecule has 6 nitrogen and oxygen atoms in total. The SMILES string of the molecule is O=C(c1ccc2n1Cc1ccccc1NC2)N(CCO)CCO. The first-order valence-electron chi connectivity index (χ1n) is 7.75. The Morgan fingerprint density at radius 1 is 1.13 bits per heavy atom. The van der Waals surface area contributed by atoms with Gasteiger partial charge in [0.05, 0.1) is 26.3 Å². The van der Waals surface area contributed by atoms with Crippen LogP contribution < -0.4 is 5.32 Å². The van der Waals surface area contributed by atoms with E-state index in [-0.39, 0.29) is 32.2 Å². The van der Waals surface area contributed by atoms with Crippen molar-refractivity contribution in [2.24, 2.45) is 0 Å². The topological polar surface area (TPSA) is 77.7 Å². The summed E-state index contributed by atoms with van der Waals surface area (Å²) in [6, 6.07) is 11.8. The number of hydrogen-bond acceptors (Lipinski definition) is 4. The van der Waals surface area contributed by atoms with Gasteiger partial charge in [-0.25, -0.2) is 0 Å².